The van der Waals surface area contributed by atoms with Gasteiger partial charge in [0.25, 0.3) is 0 Å². The minimum Gasteiger partial charge on any atom is -0.484 e. The second-order valence-electron chi connectivity index (χ2n) is 10.1. The molecule has 3 rings (SSSR count). The number of carboxylic acids is 1. The molecule has 4 nitrogen and oxygen atoms in total. The third-order valence-electron chi connectivity index (χ3n) is 6.52. The zero-order valence-corrected chi connectivity index (χ0v) is 26.8. The monoisotopic (exact) mass is 600 g/mol. The maximum atomic E-state index is 10.3. The Morgan fingerprint density at radius 3 is 2.07 bits per heavy atom. The first kappa shape index (κ1) is 35.5. The van der Waals surface area contributed by atoms with Crippen molar-refractivity contribution < 1.29 is 20.0 Å². The molecule has 1 atom stereocenters. The Morgan fingerprint density at radius 2 is 1.47 bits per heavy atom. The lowest BCUT2D eigenvalue weighted by Gasteiger charge is -2.18. The van der Waals surface area contributed by atoms with Crippen LogP contribution in [-0.2, 0) is 4.79 Å². The number of carbonyl (C=O) groups is 1. The van der Waals surface area contributed by atoms with Crippen LogP contribution >= 0.6 is 11.3 Å². The summed E-state index contributed by atoms with van der Waals surface area (Å²) in [6, 6.07) is 18.9. The lowest BCUT2D eigenvalue weighted by Crippen LogP contribution is -2.79. The average Bonchev–Trinajstić information content (AvgIpc) is 3.56. The van der Waals surface area contributed by atoms with Gasteiger partial charge in [0.1, 0.15) is 11.9 Å². The minimum atomic E-state index is -0.715. The Labute approximate surface area is 263 Å². The van der Waals surface area contributed by atoms with Gasteiger partial charge in [-0.2, -0.15) is 0 Å². The first-order valence-electron chi connectivity index (χ1n) is 15.6. The Kier molecular flexibility index (Phi) is 19.7. The van der Waals surface area contributed by atoms with Gasteiger partial charge in [-0.3, -0.25) is 4.79 Å². The predicted octanol–water partition coefficient (Wildman–Crippen LogP) is 9.60. The Balaban J connectivity index is 0.000000300. The maximum Gasteiger partial charge on any atom is 0.303 e. The summed E-state index contributed by atoms with van der Waals surface area (Å²) in [4.78, 5) is 11.6. The number of aliphatic carboxylic acids is 1. The van der Waals surface area contributed by atoms with Crippen molar-refractivity contribution in [2.24, 2.45) is 0 Å². The van der Waals surface area contributed by atoms with Crippen molar-refractivity contribution in [2.45, 2.75) is 70.8 Å². The van der Waals surface area contributed by atoms with Gasteiger partial charge < -0.3 is 15.2 Å². The molecular formula is C38H50NO3S+. The Morgan fingerprint density at radius 1 is 0.837 bits per heavy atom. The molecule has 5 heteroatoms. The summed E-state index contributed by atoms with van der Waals surface area (Å²) < 4.78 is 6.36. The standard InChI is InChI=1S/C20H30O2.C18H19NOS/c1-2-3-4-5-6-7-8-9-10-11-12-13-14-15-16-17-18-19-20(21)22;1-19-12-11-17(18-10-5-13-21-18)20-16-9-4-7-14-6-2-3-8-15(14)16/h3-4,6-7,9-10,12-13,15-16H,2,5,8,11,14,17-19H2,1H3,(H,21,22);2-10,13,17,19H,11-12H2,1H3/p+1/b4-3-,7-6-,10-9-,13-12-,16-15-;/t;17-/m.0/s1. The molecule has 3 aromatic rings. The predicted molar refractivity (Wildman–Crippen MR) is 185 cm³/mol. The summed E-state index contributed by atoms with van der Waals surface area (Å²) in [7, 11) is 2.10. The second kappa shape index (κ2) is 23.8. The van der Waals surface area contributed by atoms with Crippen molar-refractivity contribution in [3.05, 3.63) is 126 Å². The normalized spacial score (nSPS) is 12.6. The molecule has 2 aromatic carbocycles. The molecule has 0 bridgehead atoms. The molecule has 230 valence electrons. The lowest BCUT2D eigenvalue weighted by atomic mass is 10.1. The highest BCUT2D eigenvalue weighted by Gasteiger charge is 2.16. The first-order chi connectivity index (χ1) is 21.2. The van der Waals surface area contributed by atoms with Crippen molar-refractivity contribution >= 4 is 28.1 Å². The summed E-state index contributed by atoms with van der Waals surface area (Å²) in [5.74, 6) is 0.259. The van der Waals surface area contributed by atoms with Crippen LogP contribution in [0, 0.1) is 0 Å². The van der Waals surface area contributed by atoms with E-state index < -0.39 is 5.97 Å². The Hall–Kier alpha value is -3.67. The first-order valence-corrected chi connectivity index (χ1v) is 16.5. The molecule has 1 aromatic heterocycles. The quantitative estimate of drug-likeness (QED) is 0.106. The van der Waals surface area contributed by atoms with Crippen LogP contribution in [0.15, 0.2) is 121 Å². The van der Waals surface area contributed by atoms with Crippen molar-refractivity contribution in [3.8, 4) is 5.75 Å². The number of quaternary nitrogens is 1. The Bertz CT molecular complexity index is 1280. The van der Waals surface area contributed by atoms with Gasteiger partial charge in [0.15, 0.2) is 0 Å². The molecule has 0 saturated carbocycles. The SMILES string of the molecule is CC/C=C\C/C=C\C/C=C\C/C=C\C/C=C\CCCC(=O)O.C[NH2+]CC[C@H](Oc1cccc2ccccc12)c1cccs1. The minimum absolute atomic E-state index is 0.131. The van der Waals surface area contributed by atoms with E-state index in [0.717, 1.165) is 63.7 Å². The van der Waals surface area contributed by atoms with E-state index >= 15 is 0 Å². The van der Waals surface area contributed by atoms with Crippen LogP contribution in [0.3, 0.4) is 0 Å². The molecule has 1 heterocycles. The highest BCUT2D eigenvalue weighted by molar-refractivity contribution is 7.10. The van der Waals surface area contributed by atoms with E-state index in [1.54, 1.807) is 11.3 Å². The van der Waals surface area contributed by atoms with E-state index in [9.17, 15) is 4.79 Å². The van der Waals surface area contributed by atoms with Crippen molar-refractivity contribution in [1.82, 2.24) is 0 Å². The fourth-order valence-electron chi connectivity index (χ4n) is 4.24. The summed E-state index contributed by atoms with van der Waals surface area (Å²) in [6.45, 7) is 3.21. The van der Waals surface area contributed by atoms with Gasteiger partial charge in [0.2, 0.25) is 0 Å². The van der Waals surface area contributed by atoms with Crippen LogP contribution in [0.4, 0.5) is 0 Å². The van der Waals surface area contributed by atoms with Gasteiger partial charge >= 0.3 is 5.97 Å². The third kappa shape index (κ3) is 16.5. The van der Waals surface area contributed by atoms with E-state index in [4.69, 9.17) is 9.84 Å². The van der Waals surface area contributed by atoms with Gasteiger partial charge in [-0.1, -0.05) is 110 Å². The van der Waals surface area contributed by atoms with Gasteiger partial charge in [-0.25, -0.2) is 0 Å². The highest BCUT2D eigenvalue weighted by Crippen LogP contribution is 2.32. The number of thiophene rings is 1. The average molecular weight is 601 g/mol. The second-order valence-corrected chi connectivity index (χ2v) is 11.1. The number of ether oxygens (including phenoxy) is 1. The summed E-state index contributed by atoms with van der Waals surface area (Å²) in [5.41, 5.74) is 0. The van der Waals surface area contributed by atoms with Crippen LogP contribution < -0.4 is 10.1 Å². The molecule has 0 amide bonds. The number of nitrogens with two attached hydrogens (primary N) is 1. The van der Waals surface area contributed by atoms with Gasteiger partial charge in [0.05, 0.1) is 13.6 Å². The molecule has 0 radical (unpaired) electrons. The van der Waals surface area contributed by atoms with E-state index in [-0.39, 0.29) is 12.5 Å². The number of benzene rings is 2. The molecule has 0 aliphatic carbocycles. The van der Waals surface area contributed by atoms with Crippen LogP contribution in [0.25, 0.3) is 10.8 Å². The largest absolute Gasteiger partial charge is 0.484 e. The zero-order valence-electron chi connectivity index (χ0n) is 25.9. The number of fused-ring (bicyclic) bond motifs is 1. The smallest absolute Gasteiger partial charge is 0.303 e. The van der Waals surface area contributed by atoms with Gasteiger partial charge in [-0.15, -0.1) is 11.3 Å². The molecule has 0 aliphatic rings. The van der Waals surface area contributed by atoms with Crippen molar-refractivity contribution in [1.29, 1.82) is 0 Å². The molecule has 0 aliphatic heterocycles. The molecular weight excluding hydrogens is 550 g/mol. The van der Waals surface area contributed by atoms with Crippen LogP contribution in [-0.4, -0.2) is 24.7 Å². The number of hydrogen-bond acceptors (Lipinski definition) is 3. The molecule has 3 N–H and O–H groups in total. The molecule has 0 unspecified atom stereocenters. The number of allylic oxidation sites excluding steroid dienone is 10. The van der Waals surface area contributed by atoms with E-state index in [1.807, 2.05) is 0 Å². The third-order valence-corrected chi connectivity index (χ3v) is 7.48. The molecule has 0 spiro atoms. The lowest BCUT2D eigenvalue weighted by molar-refractivity contribution is -0.628. The van der Waals surface area contributed by atoms with Gasteiger partial charge in [-0.05, 0) is 67.8 Å². The molecule has 43 heavy (non-hydrogen) atoms. The highest BCUT2D eigenvalue weighted by atomic mass is 32.1. The summed E-state index contributed by atoms with van der Waals surface area (Å²) in [5, 5.41) is 15.2. The van der Waals surface area contributed by atoms with Crippen LogP contribution in [0.2, 0.25) is 0 Å². The summed E-state index contributed by atoms with van der Waals surface area (Å²) in [6.07, 6.45) is 29.6. The maximum absolute atomic E-state index is 10.3. The molecule has 0 saturated heterocycles. The fourth-order valence-corrected chi connectivity index (χ4v) is 5.03. The van der Waals surface area contributed by atoms with Crippen LogP contribution in [0.1, 0.15) is 75.7 Å². The topological polar surface area (TPSA) is 63.1 Å². The van der Waals surface area contributed by atoms with E-state index in [0.29, 0.717) is 0 Å². The number of hydrogen-bond donors (Lipinski definition) is 2. The van der Waals surface area contributed by atoms with Crippen molar-refractivity contribution in [2.75, 3.05) is 13.6 Å². The van der Waals surface area contributed by atoms with Gasteiger partial charge in [0, 0.05) is 23.1 Å². The molecule has 0 fully saturated rings. The summed E-state index contributed by atoms with van der Waals surface area (Å²) >= 11 is 1.77. The van der Waals surface area contributed by atoms with Crippen molar-refractivity contribution in [3.63, 3.8) is 0 Å². The van der Waals surface area contributed by atoms with E-state index in [1.165, 1.54) is 15.6 Å². The van der Waals surface area contributed by atoms with E-state index in [2.05, 4.69) is 140 Å². The number of rotatable bonds is 19. The number of unbranched alkanes of at least 4 members (excludes halogenated alkanes) is 1. The zero-order chi connectivity index (χ0) is 30.8. The van der Waals surface area contributed by atoms with Crippen LogP contribution in [0.5, 0.6) is 5.75 Å². The number of carboxylic acid groups (broad SMARTS) is 1. The fraction of sp³-hybridized carbons (Fsp3) is 0.342.